The molecule has 0 saturated carbocycles. The summed E-state index contributed by atoms with van der Waals surface area (Å²) in [5.74, 6) is 0.0575. The zero-order chi connectivity index (χ0) is 14.8. The zero-order valence-corrected chi connectivity index (χ0v) is 12.4. The van der Waals surface area contributed by atoms with E-state index in [0.29, 0.717) is 28.0 Å². The molecule has 1 aliphatic carbocycles. The van der Waals surface area contributed by atoms with Crippen LogP contribution in [-0.4, -0.2) is 20.6 Å². The van der Waals surface area contributed by atoms with Gasteiger partial charge in [-0.2, -0.15) is 9.61 Å². The number of esters is 1. The van der Waals surface area contributed by atoms with Gasteiger partial charge >= 0.3 is 5.97 Å². The van der Waals surface area contributed by atoms with Gasteiger partial charge in [0.1, 0.15) is 6.61 Å². The standard InChI is InChI=1S/C14H15N3O3S/c1-9-6-12(18)17-14(15-9)21-11(16-17)8-20-13(19)7-10-4-2-3-5-10/h2,4,6,10H,3,5,7-8H2,1H3/t10-/m1/s1. The molecule has 0 saturated heterocycles. The van der Waals surface area contributed by atoms with Crippen LogP contribution in [0.2, 0.25) is 0 Å². The summed E-state index contributed by atoms with van der Waals surface area (Å²) in [6, 6.07) is 1.43. The largest absolute Gasteiger partial charge is 0.458 e. The van der Waals surface area contributed by atoms with Gasteiger partial charge in [-0.15, -0.1) is 0 Å². The van der Waals surface area contributed by atoms with Gasteiger partial charge in [0, 0.05) is 11.8 Å². The molecule has 0 aliphatic heterocycles. The third-order valence-electron chi connectivity index (χ3n) is 3.31. The van der Waals surface area contributed by atoms with Gasteiger partial charge in [0.15, 0.2) is 5.01 Å². The maximum atomic E-state index is 11.7. The lowest BCUT2D eigenvalue weighted by molar-refractivity contribution is -0.145. The Hall–Kier alpha value is -2.02. The van der Waals surface area contributed by atoms with Crippen molar-refractivity contribution in [1.29, 1.82) is 0 Å². The number of carbonyl (C=O) groups excluding carboxylic acids is 1. The van der Waals surface area contributed by atoms with Crippen molar-refractivity contribution in [2.24, 2.45) is 5.92 Å². The second kappa shape index (κ2) is 5.77. The van der Waals surface area contributed by atoms with Gasteiger partial charge < -0.3 is 4.74 Å². The molecule has 2 heterocycles. The summed E-state index contributed by atoms with van der Waals surface area (Å²) in [6.45, 7) is 1.84. The van der Waals surface area contributed by atoms with E-state index in [4.69, 9.17) is 4.74 Å². The number of rotatable bonds is 4. The molecule has 110 valence electrons. The van der Waals surface area contributed by atoms with Gasteiger partial charge in [-0.25, -0.2) is 4.98 Å². The Labute approximate surface area is 125 Å². The summed E-state index contributed by atoms with van der Waals surface area (Å²) in [7, 11) is 0. The van der Waals surface area contributed by atoms with Gasteiger partial charge in [-0.1, -0.05) is 23.5 Å². The fourth-order valence-corrected chi connectivity index (χ4v) is 3.16. The number of allylic oxidation sites excluding steroid dienone is 2. The number of aryl methyl sites for hydroxylation is 1. The van der Waals surface area contributed by atoms with E-state index in [1.54, 1.807) is 6.92 Å². The number of ether oxygens (including phenoxy) is 1. The van der Waals surface area contributed by atoms with Crippen LogP contribution in [0.25, 0.3) is 4.96 Å². The molecule has 0 spiro atoms. The highest BCUT2D eigenvalue weighted by Crippen LogP contribution is 2.21. The summed E-state index contributed by atoms with van der Waals surface area (Å²) >= 11 is 1.26. The van der Waals surface area contributed by atoms with Crippen LogP contribution in [0.3, 0.4) is 0 Å². The zero-order valence-electron chi connectivity index (χ0n) is 11.6. The van der Waals surface area contributed by atoms with E-state index < -0.39 is 0 Å². The molecule has 3 rings (SSSR count). The van der Waals surface area contributed by atoms with Crippen molar-refractivity contribution in [3.63, 3.8) is 0 Å². The highest BCUT2D eigenvalue weighted by atomic mass is 32.1. The van der Waals surface area contributed by atoms with Crippen LogP contribution in [0, 0.1) is 12.8 Å². The summed E-state index contributed by atoms with van der Waals surface area (Å²) in [4.78, 5) is 28.2. The number of nitrogens with zero attached hydrogens (tertiary/aromatic N) is 3. The molecule has 0 radical (unpaired) electrons. The van der Waals surface area contributed by atoms with Gasteiger partial charge in [0.05, 0.1) is 6.42 Å². The van der Waals surface area contributed by atoms with Gasteiger partial charge in [-0.05, 0) is 25.7 Å². The first-order chi connectivity index (χ1) is 10.1. The van der Waals surface area contributed by atoms with E-state index in [1.807, 2.05) is 0 Å². The third-order valence-corrected chi connectivity index (χ3v) is 4.19. The fourth-order valence-electron chi connectivity index (χ4n) is 2.30. The normalized spacial score (nSPS) is 17.5. The quantitative estimate of drug-likeness (QED) is 0.637. The minimum Gasteiger partial charge on any atom is -0.458 e. The Balaban J connectivity index is 1.65. The molecule has 0 N–H and O–H groups in total. The first-order valence-electron chi connectivity index (χ1n) is 6.80. The minimum atomic E-state index is -0.234. The predicted octanol–water partition coefficient (Wildman–Crippen LogP) is 1.86. The van der Waals surface area contributed by atoms with Crippen LogP contribution in [0.1, 0.15) is 30.0 Å². The Morgan fingerprint density at radius 2 is 2.43 bits per heavy atom. The number of hydrogen-bond acceptors (Lipinski definition) is 6. The predicted molar refractivity (Wildman–Crippen MR) is 78.1 cm³/mol. The molecule has 0 aromatic carbocycles. The van der Waals surface area contributed by atoms with E-state index >= 15 is 0 Å². The Morgan fingerprint density at radius 1 is 1.57 bits per heavy atom. The van der Waals surface area contributed by atoms with E-state index in [2.05, 4.69) is 22.2 Å². The maximum Gasteiger partial charge on any atom is 0.306 e. The Kier molecular flexibility index (Phi) is 3.83. The molecule has 0 unspecified atom stereocenters. The Bertz CT molecular complexity index is 762. The van der Waals surface area contributed by atoms with Crippen molar-refractivity contribution >= 4 is 22.3 Å². The van der Waals surface area contributed by atoms with Gasteiger partial charge in [0.25, 0.3) is 5.56 Å². The summed E-state index contributed by atoms with van der Waals surface area (Å²) < 4.78 is 6.46. The number of aromatic nitrogens is 3. The monoisotopic (exact) mass is 305 g/mol. The molecule has 0 fully saturated rings. The van der Waals surface area contributed by atoms with Crippen molar-refractivity contribution in [2.75, 3.05) is 0 Å². The van der Waals surface area contributed by atoms with E-state index in [1.165, 1.54) is 21.9 Å². The Morgan fingerprint density at radius 3 is 3.19 bits per heavy atom. The first-order valence-corrected chi connectivity index (χ1v) is 7.62. The molecule has 0 bridgehead atoms. The van der Waals surface area contributed by atoms with E-state index in [9.17, 15) is 9.59 Å². The maximum absolute atomic E-state index is 11.7. The van der Waals surface area contributed by atoms with Crippen molar-refractivity contribution < 1.29 is 9.53 Å². The topological polar surface area (TPSA) is 73.6 Å². The highest BCUT2D eigenvalue weighted by molar-refractivity contribution is 7.16. The smallest absolute Gasteiger partial charge is 0.306 e. The van der Waals surface area contributed by atoms with Crippen LogP contribution in [0.4, 0.5) is 0 Å². The van der Waals surface area contributed by atoms with Crippen LogP contribution in [0.5, 0.6) is 0 Å². The lowest BCUT2D eigenvalue weighted by Crippen LogP contribution is -2.14. The first kappa shape index (κ1) is 13.9. The molecular formula is C14H15N3O3S. The number of hydrogen-bond donors (Lipinski definition) is 0. The molecule has 2 aromatic rings. The number of carbonyl (C=O) groups is 1. The van der Waals surface area contributed by atoms with Gasteiger partial charge in [0.2, 0.25) is 4.96 Å². The molecule has 6 nitrogen and oxygen atoms in total. The molecule has 7 heteroatoms. The van der Waals surface area contributed by atoms with Crippen molar-refractivity contribution in [3.8, 4) is 0 Å². The average molecular weight is 305 g/mol. The lowest BCUT2D eigenvalue weighted by atomic mass is 10.1. The van der Waals surface area contributed by atoms with Crippen LogP contribution in [0.15, 0.2) is 23.0 Å². The SMILES string of the molecule is Cc1cc(=O)n2nc(COC(=O)C[C@@H]3C=CCC3)sc2n1. The van der Waals surface area contributed by atoms with Crippen molar-refractivity contribution in [1.82, 2.24) is 14.6 Å². The summed E-state index contributed by atoms with van der Waals surface area (Å²) in [5, 5.41) is 4.70. The molecule has 1 aliphatic rings. The molecule has 21 heavy (non-hydrogen) atoms. The van der Waals surface area contributed by atoms with Gasteiger partial charge in [-0.3, -0.25) is 9.59 Å². The molecule has 0 amide bonds. The third kappa shape index (κ3) is 3.18. The van der Waals surface area contributed by atoms with Crippen molar-refractivity contribution in [2.45, 2.75) is 32.8 Å². The summed E-state index contributed by atoms with van der Waals surface area (Å²) in [6.07, 6.45) is 6.59. The minimum absolute atomic E-state index is 0.0851. The second-order valence-corrected chi connectivity index (χ2v) is 6.10. The van der Waals surface area contributed by atoms with Crippen LogP contribution >= 0.6 is 11.3 Å². The molecule has 1 atom stereocenters. The lowest BCUT2D eigenvalue weighted by Gasteiger charge is -2.06. The average Bonchev–Trinajstić information content (AvgIpc) is 3.05. The van der Waals surface area contributed by atoms with Crippen molar-refractivity contribution in [3.05, 3.63) is 39.3 Å². The fraction of sp³-hybridized carbons (Fsp3) is 0.429. The second-order valence-electron chi connectivity index (χ2n) is 5.06. The summed E-state index contributed by atoms with van der Waals surface area (Å²) in [5.41, 5.74) is 0.433. The van der Waals surface area contributed by atoms with E-state index in [0.717, 1.165) is 12.8 Å². The highest BCUT2D eigenvalue weighted by Gasteiger charge is 2.16. The number of fused-ring (bicyclic) bond motifs is 1. The molecule has 2 aromatic heterocycles. The van der Waals surface area contributed by atoms with Crippen LogP contribution < -0.4 is 5.56 Å². The van der Waals surface area contributed by atoms with E-state index in [-0.39, 0.29) is 18.1 Å². The molecular weight excluding hydrogens is 290 g/mol. The van der Waals surface area contributed by atoms with Crippen LogP contribution in [-0.2, 0) is 16.1 Å².